The van der Waals surface area contributed by atoms with Crippen LogP contribution >= 0.6 is 15.9 Å². The van der Waals surface area contributed by atoms with Crippen molar-refractivity contribution in [1.29, 1.82) is 0 Å². The number of aryl methyl sites for hydroxylation is 1. The minimum absolute atomic E-state index is 0.0990. The highest BCUT2D eigenvalue weighted by atomic mass is 79.9. The van der Waals surface area contributed by atoms with E-state index in [9.17, 15) is 0 Å². The average molecular weight is 309 g/mol. The van der Waals surface area contributed by atoms with E-state index >= 15 is 0 Å². The summed E-state index contributed by atoms with van der Waals surface area (Å²) in [6.07, 6.45) is 1.92. The van der Waals surface area contributed by atoms with E-state index in [-0.39, 0.29) is 5.54 Å². The van der Waals surface area contributed by atoms with Crippen LogP contribution in [0.2, 0.25) is 0 Å². The lowest BCUT2D eigenvalue weighted by molar-refractivity contribution is 0.398. The van der Waals surface area contributed by atoms with Gasteiger partial charge in [-0.1, -0.05) is 33.3 Å². The third-order valence-electron chi connectivity index (χ3n) is 2.93. The van der Waals surface area contributed by atoms with Crippen LogP contribution in [0.3, 0.4) is 0 Å². The molecule has 1 heterocycles. The summed E-state index contributed by atoms with van der Waals surface area (Å²) < 4.78 is 2.81. The van der Waals surface area contributed by atoms with Gasteiger partial charge in [0.1, 0.15) is 0 Å². The second kappa shape index (κ2) is 5.20. The monoisotopic (exact) mass is 308 g/mol. The Kier molecular flexibility index (Phi) is 3.82. The van der Waals surface area contributed by atoms with Gasteiger partial charge in [-0.15, -0.1) is 5.10 Å². The van der Waals surface area contributed by atoms with Gasteiger partial charge in [0.25, 0.3) is 0 Å². The summed E-state index contributed by atoms with van der Waals surface area (Å²) in [7, 11) is 1.87. The van der Waals surface area contributed by atoms with Crippen molar-refractivity contribution in [2.24, 2.45) is 7.05 Å². The van der Waals surface area contributed by atoms with E-state index in [1.165, 1.54) is 5.56 Å². The molecular formula is C13H17BrN4. The van der Waals surface area contributed by atoms with Crippen LogP contribution in [-0.2, 0) is 19.1 Å². The first-order valence-electron chi connectivity index (χ1n) is 5.84. The van der Waals surface area contributed by atoms with Crippen molar-refractivity contribution in [3.05, 3.63) is 46.2 Å². The fraction of sp³-hybridized carbons (Fsp3) is 0.385. The third-order valence-corrected chi connectivity index (χ3v) is 3.46. The maximum Gasteiger partial charge on any atom is 0.0964 e. The topological polar surface area (TPSA) is 42.7 Å². The first kappa shape index (κ1) is 13.2. The summed E-state index contributed by atoms with van der Waals surface area (Å²) in [5, 5.41) is 11.5. The van der Waals surface area contributed by atoms with Gasteiger partial charge in [0.05, 0.1) is 5.69 Å². The SMILES string of the molecule is Cn1cc(CNC(C)(C)c2ccc(Br)cc2)nn1. The van der Waals surface area contributed by atoms with E-state index < -0.39 is 0 Å². The predicted molar refractivity (Wildman–Crippen MR) is 75.0 cm³/mol. The Bertz CT molecular complexity index is 516. The van der Waals surface area contributed by atoms with Gasteiger partial charge in [-0.2, -0.15) is 0 Å². The van der Waals surface area contributed by atoms with Gasteiger partial charge in [0, 0.05) is 29.8 Å². The lowest BCUT2D eigenvalue weighted by atomic mass is 9.94. The lowest BCUT2D eigenvalue weighted by Crippen LogP contribution is -2.36. The van der Waals surface area contributed by atoms with E-state index in [1.807, 2.05) is 13.2 Å². The fourth-order valence-electron chi connectivity index (χ4n) is 1.76. The maximum atomic E-state index is 4.07. The van der Waals surface area contributed by atoms with Crippen molar-refractivity contribution in [2.75, 3.05) is 0 Å². The standard InChI is InChI=1S/C13H17BrN4/c1-13(2,10-4-6-11(14)7-5-10)15-8-12-9-18(3)17-16-12/h4-7,9,15H,8H2,1-3H3. The largest absolute Gasteiger partial charge is 0.302 e. The van der Waals surface area contributed by atoms with Crippen LogP contribution < -0.4 is 5.32 Å². The molecule has 5 heteroatoms. The number of benzene rings is 1. The summed E-state index contributed by atoms with van der Waals surface area (Å²) in [6, 6.07) is 8.35. The Morgan fingerprint density at radius 3 is 2.50 bits per heavy atom. The molecule has 0 atom stereocenters. The number of nitrogens with one attached hydrogen (secondary N) is 1. The number of hydrogen-bond donors (Lipinski definition) is 1. The highest BCUT2D eigenvalue weighted by Gasteiger charge is 2.19. The zero-order chi connectivity index (χ0) is 13.2. The number of rotatable bonds is 4. The molecule has 0 aliphatic heterocycles. The molecule has 1 aromatic carbocycles. The first-order chi connectivity index (χ1) is 8.47. The van der Waals surface area contributed by atoms with Crippen LogP contribution in [-0.4, -0.2) is 15.0 Å². The van der Waals surface area contributed by atoms with Crippen LogP contribution in [0.15, 0.2) is 34.9 Å². The smallest absolute Gasteiger partial charge is 0.0964 e. The number of aromatic nitrogens is 3. The van der Waals surface area contributed by atoms with E-state index in [1.54, 1.807) is 4.68 Å². The molecule has 0 bridgehead atoms. The third kappa shape index (κ3) is 3.17. The Balaban J connectivity index is 2.04. The molecule has 0 aliphatic rings. The molecule has 0 spiro atoms. The van der Waals surface area contributed by atoms with Gasteiger partial charge in [-0.3, -0.25) is 4.68 Å². The second-order valence-corrected chi connectivity index (χ2v) is 5.78. The van der Waals surface area contributed by atoms with Crippen LogP contribution in [0.4, 0.5) is 0 Å². The molecule has 18 heavy (non-hydrogen) atoms. The average Bonchev–Trinajstić information content (AvgIpc) is 2.73. The van der Waals surface area contributed by atoms with Crippen molar-refractivity contribution in [3.8, 4) is 0 Å². The molecule has 1 aromatic heterocycles. The van der Waals surface area contributed by atoms with E-state index in [4.69, 9.17) is 0 Å². The van der Waals surface area contributed by atoms with Crippen LogP contribution in [0.1, 0.15) is 25.1 Å². The molecule has 4 nitrogen and oxygen atoms in total. The second-order valence-electron chi connectivity index (χ2n) is 4.87. The molecule has 1 N–H and O–H groups in total. The van der Waals surface area contributed by atoms with Crippen molar-refractivity contribution >= 4 is 15.9 Å². The Morgan fingerprint density at radius 1 is 1.28 bits per heavy atom. The maximum absolute atomic E-state index is 4.07. The number of halogens is 1. The van der Waals surface area contributed by atoms with E-state index in [0.717, 1.165) is 10.2 Å². The van der Waals surface area contributed by atoms with E-state index in [2.05, 4.69) is 69.7 Å². The van der Waals surface area contributed by atoms with Crippen molar-refractivity contribution in [1.82, 2.24) is 20.3 Å². The van der Waals surface area contributed by atoms with E-state index in [0.29, 0.717) is 6.54 Å². The van der Waals surface area contributed by atoms with Gasteiger partial charge < -0.3 is 5.32 Å². The Hall–Kier alpha value is -1.20. The molecule has 0 radical (unpaired) electrons. The van der Waals surface area contributed by atoms with Gasteiger partial charge in [0.15, 0.2) is 0 Å². The van der Waals surface area contributed by atoms with Gasteiger partial charge in [-0.25, -0.2) is 0 Å². The summed E-state index contributed by atoms with van der Waals surface area (Å²) in [6.45, 7) is 5.02. The highest BCUT2D eigenvalue weighted by molar-refractivity contribution is 9.10. The fourth-order valence-corrected chi connectivity index (χ4v) is 2.02. The highest BCUT2D eigenvalue weighted by Crippen LogP contribution is 2.22. The molecule has 0 fully saturated rings. The Morgan fingerprint density at radius 2 is 1.94 bits per heavy atom. The zero-order valence-electron chi connectivity index (χ0n) is 10.8. The van der Waals surface area contributed by atoms with Gasteiger partial charge in [0.2, 0.25) is 0 Å². The molecule has 2 aromatic rings. The van der Waals surface area contributed by atoms with Crippen molar-refractivity contribution in [3.63, 3.8) is 0 Å². The summed E-state index contributed by atoms with van der Waals surface area (Å²) in [4.78, 5) is 0. The minimum Gasteiger partial charge on any atom is -0.302 e. The molecular weight excluding hydrogens is 292 g/mol. The molecule has 0 aliphatic carbocycles. The number of hydrogen-bond acceptors (Lipinski definition) is 3. The van der Waals surface area contributed by atoms with Crippen molar-refractivity contribution in [2.45, 2.75) is 25.9 Å². The molecule has 0 unspecified atom stereocenters. The predicted octanol–water partition coefficient (Wildman–Crippen LogP) is 2.60. The molecule has 96 valence electrons. The van der Waals surface area contributed by atoms with Crippen LogP contribution in [0.25, 0.3) is 0 Å². The summed E-state index contributed by atoms with van der Waals surface area (Å²) in [5.41, 5.74) is 2.09. The molecule has 0 saturated carbocycles. The minimum atomic E-state index is -0.0990. The quantitative estimate of drug-likeness (QED) is 0.944. The van der Waals surface area contributed by atoms with Crippen molar-refractivity contribution < 1.29 is 0 Å². The zero-order valence-corrected chi connectivity index (χ0v) is 12.4. The van der Waals surface area contributed by atoms with Crippen LogP contribution in [0, 0.1) is 0 Å². The number of nitrogens with zero attached hydrogens (tertiary/aromatic N) is 3. The normalized spacial score (nSPS) is 11.8. The van der Waals surface area contributed by atoms with Gasteiger partial charge in [-0.05, 0) is 31.5 Å². The molecule has 0 saturated heterocycles. The van der Waals surface area contributed by atoms with Gasteiger partial charge >= 0.3 is 0 Å². The Labute approximate surface area is 116 Å². The lowest BCUT2D eigenvalue weighted by Gasteiger charge is -2.26. The summed E-state index contributed by atoms with van der Waals surface area (Å²) in [5.74, 6) is 0. The van der Waals surface area contributed by atoms with Crippen LogP contribution in [0.5, 0.6) is 0 Å². The molecule has 2 rings (SSSR count). The molecule has 0 amide bonds. The first-order valence-corrected chi connectivity index (χ1v) is 6.63. The summed E-state index contributed by atoms with van der Waals surface area (Å²) >= 11 is 3.45.